The molecule has 2 aromatic carbocycles. The van der Waals surface area contributed by atoms with Crippen molar-refractivity contribution in [2.24, 2.45) is 0 Å². The van der Waals surface area contributed by atoms with E-state index in [1.807, 2.05) is 19.1 Å². The SMILES string of the molecule is CCC(C)c1ccc(C(C)NC(=S)Nc2ccccc2C(F)(F)F)cc1. The Morgan fingerprint density at radius 3 is 2.15 bits per heavy atom. The van der Waals surface area contributed by atoms with Crippen molar-refractivity contribution >= 4 is 23.0 Å². The Morgan fingerprint density at radius 2 is 1.58 bits per heavy atom. The summed E-state index contributed by atoms with van der Waals surface area (Å²) in [5.74, 6) is 0.494. The molecule has 0 aliphatic heterocycles. The van der Waals surface area contributed by atoms with Gasteiger partial charge in [-0.15, -0.1) is 0 Å². The molecule has 26 heavy (non-hydrogen) atoms. The van der Waals surface area contributed by atoms with Crippen molar-refractivity contribution in [1.82, 2.24) is 5.32 Å². The van der Waals surface area contributed by atoms with Gasteiger partial charge in [0.2, 0.25) is 0 Å². The maximum absolute atomic E-state index is 13.1. The lowest BCUT2D eigenvalue weighted by Crippen LogP contribution is -2.31. The van der Waals surface area contributed by atoms with Crippen molar-refractivity contribution in [3.05, 3.63) is 65.2 Å². The van der Waals surface area contributed by atoms with Crippen LogP contribution in [0.25, 0.3) is 0 Å². The average molecular weight is 380 g/mol. The van der Waals surface area contributed by atoms with Gasteiger partial charge >= 0.3 is 6.18 Å². The number of benzene rings is 2. The molecular weight excluding hydrogens is 357 g/mol. The van der Waals surface area contributed by atoms with Gasteiger partial charge in [0.05, 0.1) is 17.3 Å². The molecular formula is C20H23F3N2S. The number of hydrogen-bond donors (Lipinski definition) is 2. The molecule has 0 amide bonds. The molecule has 0 radical (unpaired) electrons. The van der Waals surface area contributed by atoms with Crippen LogP contribution in [0.2, 0.25) is 0 Å². The fourth-order valence-corrected chi connectivity index (χ4v) is 2.91. The van der Waals surface area contributed by atoms with Gasteiger partial charge in [0.25, 0.3) is 0 Å². The number of anilines is 1. The van der Waals surface area contributed by atoms with Crippen LogP contribution < -0.4 is 10.6 Å². The summed E-state index contributed by atoms with van der Waals surface area (Å²) in [5, 5.41) is 5.85. The summed E-state index contributed by atoms with van der Waals surface area (Å²) in [6.45, 7) is 6.24. The number of para-hydroxylation sites is 1. The smallest absolute Gasteiger partial charge is 0.356 e. The lowest BCUT2D eigenvalue weighted by Gasteiger charge is -2.20. The van der Waals surface area contributed by atoms with E-state index in [-0.39, 0.29) is 16.8 Å². The molecule has 0 bridgehead atoms. The first kappa shape index (κ1) is 20.2. The standard InChI is InChI=1S/C20H23F3N2S/c1-4-13(2)15-9-11-16(12-10-15)14(3)24-19(26)25-18-8-6-5-7-17(18)20(21,22)23/h5-14H,4H2,1-3H3,(H2,24,25,26). The predicted octanol–water partition coefficient (Wildman–Crippen LogP) is 6.27. The zero-order valence-electron chi connectivity index (χ0n) is 15.0. The van der Waals surface area contributed by atoms with Gasteiger partial charge in [-0.05, 0) is 54.7 Å². The van der Waals surface area contributed by atoms with Crippen LogP contribution in [0.5, 0.6) is 0 Å². The monoisotopic (exact) mass is 380 g/mol. The highest BCUT2D eigenvalue weighted by Crippen LogP contribution is 2.34. The molecule has 2 N–H and O–H groups in total. The minimum atomic E-state index is -4.43. The summed E-state index contributed by atoms with van der Waals surface area (Å²) in [4.78, 5) is 0. The molecule has 2 unspecified atom stereocenters. The Morgan fingerprint density at radius 1 is 1.00 bits per heavy atom. The van der Waals surface area contributed by atoms with Gasteiger partial charge in [0.15, 0.2) is 5.11 Å². The topological polar surface area (TPSA) is 24.1 Å². The van der Waals surface area contributed by atoms with E-state index in [0.29, 0.717) is 5.92 Å². The zero-order valence-corrected chi connectivity index (χ0v) is 15.8. The van der Waals surface area contributed by atoms with Gasteiger partial charge in [0, 0.05) is 0 Å². The Kier molecular flexibility index (Phi) is 6.64. The van der Waals surface area contributed by atoms with Crippen LogP contribution in [0.15, 0.2) is 48.5 Å². The van der Waals surface area contributed by atoms with Crippen LogP contribution in [0, 0.1) is 0 Å². The first-order chi connectivity index (χ1) is 12.2. The molecule has 0 aliphatic carbocycles. The molecule has 2 atom stereocenters. The van der Waals surface area contributed by atoms with Crippen LogP contribution in [-0.2, 0) is 6.18 Å². The van der Waals surface area contributed by atoms with Crippen LogP contribution >= 0.6 is 12.2 Å². The molecule has 6 heteroatoms. The summed E-state index contributed by atoms with van der Waals surface area (Å²) in [7, 11) is 0. The molecule has 140 valence electrons. The molecule has 0 saturated heterocycles. The summed E-state index contributed by atoms with van der Waals surface area (Å²) in [5.41, 5.74) is 1.49. The zero-order chi connectivity index (χ0) is 19.3. The van der Waals surface area contributed by atoms with Crippen molar-refractivity contribution in [3.63, 3.8) is 0 Å². The third-order valence-electron chi connectivity index (χ3n) is 4.45. The van der Waals surface area contributed by atoms with E-state index < -0.39 is 11.7 Å². The van der Waals surface area contributed by atoms with Crippen molar-refractivity contribution in [2.75, 3.05) is 5.32 Å². The minimum absolute atomic E-state index is 0.0585. The van der Waals surface area contributed by atoms with E-state index in [1.54, 1.807) is 0 Å². The highest BCUT2D eigenvalue weighted by molar-refractivity contribution is 7.80. The van der Waals surface area contributed by atoms with Crippen molar-refractivity contribution < 1.29 is 13.2 Å². The molecule has 0 spiro atoms. The maximum atomic E-state index is 13.1. The molecule has 2 aromatic rings. The summed E-state index contributed by atoms with van der Waals surface area (Å²) >= 11 is 5.19. The summed E-state index contributed by atoms with van der Waals surface area (Å²) in [6.07, 6.45) is -3.36. The van der Waals surface area contributed by atoms with Gasteiger partial charge in [0.1, 0.15) is 0 Å². The van der Waals surface area contributed by atoms with Crippen LogP contribution in [0.1, 0.15) is 55.8 Å². The fraction of sp³-hybridized carbons (Fsp3) is 0.350. The molecule has 0 aromatic heterocycles. The van der Waals surface area contributed by atoms with E-state index in [1.165, 1.54) is 23.8 Å². The highest BCUT2D eigenvalue weighted by Gasteiger charge is 2.33. The Bertz CT molecular complexity index is 741. The Labute approximate surface area is 157 Å². The van der Waals surface area contributed by atoms with Crippen LogP contribution in [0.4, 0.5) is 18.9 Å². The van der Waals surface area contributed by atoms with Gasteiger partial charge < -0.3 is 10.6 Å². The van der Waals surface area contributed by atoms with E-state index in [0.717, 1.165) is 18.1 Å². The molecule has 0 saturated carbocycles. The second-order valence-electron chi connectivity index (χ2n) is 6.34. The Hall–Kier alpha value is -2.08. The van der Waals surface area contributed by atoms with Gasteiger partial charge in [-0.25, -0.2) is 0 Å². The van der Waals surface area contributed by atoms with Crippen molar-refractivity contribution in [2.45, 2.75) is 45.3 Å². The first-order valence-electron chi connectivity index (χ1n) is 8.56. The number of alkyl halides is 3. The maximum Gasteiger partial charge on any atom is 0.418 e. The fourth-order valence-electron chi connectivity index (χ4n) is 2.63. The van der Waals surface area contributed by atoms with Gasteiger partial charge in [-0.1, -0.05) is 50.2 Å². The van der Waals surface area contributed by atoms with E-state index in [4.69, 9.17) is 12.2 Å². The quantitative estimate of drug-likeness (QED) is 0.598. The third-order valence-corrected chi connectivity index (χ3v) is 4.67. The minimum Gasteiger partial charge on any atom is -0.356 e. The first-order valence-corrected chi connectivity index (χ1v) is 8.96. The molecule has 2 rings (SSSR count). The van der Waals surface area contributed by atoms with E-state index in [2.05, 4.69) is 36.6 Å². The number of halogens is 3. The number of nitrogens with one attached hydrogen (secondary N) is 2. The highest BCUT2D eigenvalue weighted by atomic mass is 32.1. The number of thiocarbonyl (C=S) groups is 1. The predicted molar refractivity (Wildman–Crippen MR) is 104 cm³/mol. The van der Waals surface area contributed by atoms with E-state index in [9.17, 15) is 13.2 Å². The molecule has 0 fully saturated rings. The summed E-state index contributed by atoms with van der Waals surface area (Å²) in [6, 6.07) is 13.4. The van der Waals surface area contributed by atoms with Crippen LogP contribution in [0.3, 0.4) is 0 Å². The lowest BCUT2D eigenvalue weighted by atomic mass is 9.96. The summed E-state index contributed by atoms with van der Waals surface area (Å²) < 4.78 is 39.2. The lowest BCUT2D eigenvalue weighted by molar-refractivity contribution is -0.136. The van der Waals surface area contributed by atoms with Crippen molar-refractivity contribution in [3.8, 4) is 0 Å². The van der Waals surface area contributed by atoms with Crippen LogP contribution in [-0.4, -0.2) is 5.11 Å². The van der Waals surface area contributed by atoms with E-state index >= 15 is 0 Å². The number of rotatable bonds is 5. The van der Waals surface area contributed by atoms with Gasteiger partial charge in [-0.3, -0.25) is 0 Å². The normalized spacial score (nSPS) is 13.8. The molecule has 0 aliphatic rings. The molecule has 0 heterocycles. The molecule has 2 nitrogen and oxygen atoms in total. The second-order valence-corrected chi connectivity index (χ2v) is 6.75. The largest absolute Gasteiger partial charge is 0.418 e. The van der Waals surface area contributed by atoms with Crippen molar-refractivity contribution in [1.29, 1.82) is 0 Å². The second kappa shape index (κ2) is 8.54. The van der Waals surface area contributed by atoms with Gasteiger partial charge in [-0.2, -0.15) is 13.2 Å². The number of hydrogen-bond acceptors (Lipinski definition) is 1. The Balaban J connectivity index is 2.04. The third kappa shape index (κ3) is 5.21. The average Bonchev–Trinajstić information content (AvgIpc) is 2.60.